The van der Waals surface area contributed by atoms with Crippen molar-refractivity contribution >= 4 is 11.3 Å². The molecule has 1 aromatic carbocycles. The van der Waals surface area contributed by atoms with Crippen molar-refractivity contribution in [3.63, 3.8) is 0 Å². The van der Waals surface area contributed by atoms with E-state index in [2.05, 4.69) is 50.9 Å². The van der Waals surface area contributed by atoms with Gasteiger partial charge in [-0.05, 0) is 43.9 Å². The summed E-state index contributed by atoms with van der Waals surface area (Å²) in [5, 5.41) is 1.14. The van der Waals surface area contributed by atoms with Gasteiger partial charge in [0.15, 0.2) is 0 Å². The Labute approximate surface area is 137 Å². The lowest BCUT2D eigenvalue weighted by Gasteiger charge is -2.14. The summed E-state index contributed by atoms with van der Waals surface area (Å²) in [6, 6.07) is 8.33. The van der Waals surface area contributed by atoms with E-state index >= 15 is 0 Å². The summed E-state index contributed by atoms with van der Waals surface area (Å²) in [7, 11) is 0. The molecule has 0 saturated heterocycles. The highest BCUT2D eigenvalue weighted by Gasteiger charge is 2.16. The zero-order chi connectivity index (χ0) is 16.1. The van der Waals surface area contributed by atoms with Crippen molar-refractivity contribution < 1.29 is 4.74 Å². The van der Waals surface area contributed by atoms with Gasteiger partial charge in [0.1, 0.15) is 5.75 Å². The molecule has 0 radical (unpaired) electrons. The fourth-order valence-electron chi connectivity index (χ4n) is 2.25. The van der Waals surface area contributed by atoms with Crippen molar-refractivity contribution in [3.8, 4) is 5.75 Å². The van der Waals surface area contributed by atoms with Gasteiger partial charge in [-0.1, -0.05) is 26.0 Å². The molecule has 0 spiro atoms. The summed E-state index contributed by atoms with van der Waals surface area (Å²) in [5.41, 5.74) is 8.35. The van der Waals surface area contributed by atoms with Crippen molar-refractivity contribution in [2.45, 2.75) is 40.0 Å². The summed E-state index contributed by atoms with van der Waals surface area (Å²) in [4.78, 5) is 5.95. The monoisotopic (exact) mass is 318 g/mol. The number of hydrogen-bond acceptors (Lipinski definition) is 4. The Kier molecular flexibility index (Phi) is 5.98. The van der Waals surface area contributed by atoms with E-state index in [9.17, 15) is 0 Å². The van der Waals surface area contributed by atoms with Gasteiger partial charge in [0.25, 0.3) is 0 Å². The summed E-state index contributed by atoms with van der Waals surface area (Å²) >= 11 is 1.76. The number of ether oxygens (including phenoxy) is 1. The smallest absolute Gasteiger partial charge is 0.119 e. The van der Waals surface area contributed by atoms with Gasteiger partial charge in [-0.25, -0.2) is 4.98 Å². The van der Waals surface area contributed by atoms with Gasteiger partial charge in [-0.15, -0.1) is 11.3 Å². The molecule has 0 fully saturated rings. The van der Waals surface area contributed by atoms with Crippen molar-refractivity contribution in [2.75, 3.05) is 13.2 Å². The average Bonchev–Trinajstić information content (AvgIpc) is 2.82. The lowest BCUT2D eigenvalue weighted by atomic mass is 10.00. The molecule has 120 valence electrons. The normalized spacial score (nSPS) is 12.6. The standard InChI is InChI=1S/C18H26N2OS/c1-12(2)11-21-17-7-5-6-15(9-17)8-16(10-19)18-20-13(3)14(4)22-18/h5-7,9,12,16H,8,10-11,19H2,1-4H3. The average molecular weight is 318 g/mol. The molecule has 0 saturated carbocycles. The number of aryl methyl sites for hydroxylation is 2. The first kappa shape index (κ1) is 17.0. The molecule has 0 aliphatic carbocycles. The first-order valence-electron chi connectivity index (χ1n) is 7.85. The van der Waals surface area contributed by atoms with Gasteiger partial charge in [0.05, 0.1) is 17.3 Å². The third-order valence-electron chi connectivity index (χ3n) is 3.64. The number of nitrogens with zero attached hydrogens (tertiary/aromatic N) is 1. The number of nitrogens with two attached hydrogens (primary N) is 1. The minimum Gasteiger partial charge on any atom is -0.493 e. The number of thiazole rings is 1. The Morgan fingerprint density at radius 1 is 1.27 bits per heavy atom. The maximum atomic E-state index is 5.98. The second kappa shape index (κ2) is 7.75. The van der Waals surface area contributed by atoms with Crippen LogP contribution in [0.1, 0.15) is 40.9 Å². The Morgan fingerprint density at radius 2 is 2.05 bits per heavy atom. The van der Waals surface area contributed by atoms with Crippen LogP contribution >= 0.6 is 11.3 Å². The molecule has 3 nitrogen and oxygen atoms in total. The van der Waals surface area contributed by atoms with Crippen LogP contribution in [0.2, 0.25) is 0 Å². The Bertz CT molecular complexity index is 587. The number of rotatable bonds is 7. The van der Waals surface area contributed by atoms with Crippen LogP contribution in [-0.4, -0.2) is 18.1 Å². The van der Waals surface area contributed by atoms with E-state index in [1.807, 2.05) is 6.07 Å². The maximum absolute atomic E-state index is 5.98. The second-order valence-electron chi connectivity index (χ2n) is 6.18. The van der Waals surface area contributed by atoms with Crippen molar-refractivity contribution in [1.82, 2.24) is 4.98 Å². The van der Waals surface area contributed by atoms with E-state index in [0.29, 0.717) is 12.5 Å². The third kappa shape index (κ3) is 4.55. The predicted octanol–water partition coefficient (Wildman–Crippen LogP) is 4.08. The zero-order valence-electron chi connectivity index (χ0n) is 13.9. The van der Waals surface area contributed by atoms with Crippen LogP contribution in [0.25, 0.3) is 0 Å². The van der Waals surface area contributed by atoms with Crippen LogP contribution in [0.4, 0.5) is 0 Å². The molecule has 22 heavy (non-hydrogen) atoms. The van der Waals surface area contributed by atoms with Crippen LogP contribution in [0, 0.1) is 19.8 Å². The molecule has 1 aromatic heterocycles. The van der Waals surface area contributed by atoms with E-state index in [-0.39, 0.29) is 5.92 Å². The van der Waals surface area contributed by atoms with Gasteiger partial charge in [-0.2, -0.15) is 0 Å². The van der Waals surface area contributed by atoms with Gasteiger partial charge < -0.3 is 10.5 Å². The summed E-state index contributed by atoms with van der Waals surface area (Å²) in [5.74, 6) is 1.74. The van der Waals surface area contributed by atoms with Crippen LogP contribution in [0.5, 0.6) is 5.75 Å². The van der Waals surface area contributed by atoms with E-state index < -0.39 is 0 Å². The predicted molar refractivity (Wildman–Crippen MR) is 93.9 cm³/mol. The lowest BCUT2D eigenvalue weighted by Crippen LogP contribution is -2.15. The summed E-state index contributed by atoms with van der Waals surface area (Å²) in [6.45, 7) is 9.84. The van der Waals surface area contributed by atoms with Gasteiger partial charge in [0.2, 0.25) is 0 Å². The molecule has 1 heterocycles. The molecule has 0 bridgehead atoms. The van der Waals surface area contributed by atoms with Gasteiger partial charge >= 0.3 is 0 Å². The maximum Gasteiger partial charge on any atom is 0.119 e. The number of hydrogen-bond donors (Lipinski definition) is 1. The highest BCUT2D eigenvalue weighted by molar-refractivity contribution is 7.11. The minimum absolute atomic E-state index is 0.276. The van der Waals surface area contributed by atoms with Crippen LogP contribution < -0.4 is 10.5 Å². The SMILES string of the molecule is Cc1nc(C(CN)Cc2cccc(OCC(C)C)c2)sc1C. The molecule has 0 aliphatic heterocycles. The van der Waals surface area contributed by atoms with Gasteiger partial charge in [0, 0.05) is 17.3 Å². The van der Waals surface area contributed by atoms with E-state index in [4.69, 9.17) is 10.5 Å². The topological polar surface area (TPSA) is 48.1 Å². The molecule has 2 aromatic rings. The van der Waals surface area contributed by atoms with Crippen LogP contribution in [0.15, 0.2) is 24.3 Å². The fourth-order valence-corrected chi connectivity index (χ4v) is 3.29. The van der Waals surface area contributed by atoms with Gasteiger partial charge in [-0.3, -0.25) is 0 Å². The summed E-state index contributed by atoms with van der Waals surface area (Å²) < 4.78 is 5.81. The van der Waals surface area contributed by atoms with Crippen molar-refractivity contribution in [2.24, 2.45) is 11.7 Å². The zero-order valence-corrected chi connectivity index (χ0v) is 14.7. The van der Waals surface area contributed by atoms with E-state index in [0.717, 1.165) is 29.5 Å². The largest absolute Gasteiger partial charge is 0.493 e. The molecule has 1 unspecified atom stereocenters. The van der Waals surface area contributed by atoms with Crippen LogP contribution in [0.3, 0.4) is 0 Å². The van der Waals surface area contributed by atoms with Crippen molar-refractivity contribution in [1.29, 1.82) is 0 Å². The minimum atomic E-state index is 0.276. The molecule has 0 amide bonds. The highest BCUT2D eigenvalue weighted by atomic mass is 32.1. The Hall–Kier alpha value is -1.39. The Balaban J connectivity index is 2.09. The third-order valence-corrected chi connectivity index (χ3v) is 4.88. The van der Waals surface area contributed by atoms with Crippen LogP contribution in [-0.2, 0) is 6.42 Å². The number of benzene rings is 1. The fraction of sp³-hybridized carbons (Fsp3) is 0.500. The quantitative estimate of drug-likeness (QED) is 0.837. The first-order chi connectivity index (χ1) is 10.5. The molecule has 4 heteroatoms. The van der Waals surface area contributed by atoms with E-state index in [1.54, 1.807) is 11.3 Å². The van der Waals surface area contributed by atoms with Crippen molar-refractivity contribution in [3.05, 3.63) is 45.4 Å². The molecule has 2 N–H and O–H groups in total. The first-order valence-corrected chi connectivity index (χ1v) is 8.67. The lowest BCUT2D eigenvalue weighted by molar-refractivity contribution is 0.271. The Morgan fingerprint density at radius 3 is 2.64 bits per heavy atom. The second-order valence-corrected chi connectivity index (χ2v) is 7.42. The highest BCUT2D eigenvalue weighted by Crippen LogP contribution is 2.27. The molecule has 2 rings (SSSR count). The molecular weight excluding hydrogens is 292 g/mol. The summed E-state index contributed by atoms with van der Waals surface area (Å²) in [6.07, 6.45) is 0.905. The van der Waals surface area contributed by atoms with E-state index in [1.165, 1.54) is 10.4 Å². The molecular formula is C18H26N2OS. The molecule has 0 aliphatic rings. The molecule has 1 atom stereocenters. The number of aromatic nitrogens is 1.